The van der Waals surface area contributed by atoms with Crippen LogP contribution in [0.3, 0.4) is 0 Å². The monoisotopic (exact) mass is 254 g/mol. The third-order valence-electron chi connectivity index (χ3n) is 3.37. The van der Waals surface area contributed by atoms with Gasteiger partial charge in [-0.2, -0.15) is 10.4 Å². The molecule has 0 radical (unpaired) electrons. The lowest BCUT2D eigenvalue weighted by atomic mass is 10.1. The zero-order valence-corrected chi connectivity index (χ0v) is 11.6. The second kappa shape index (κ2) is 5.57. The van der Waals surface area contributed by atoms with Gasteiger partial charge in [-0.05, 0) is 31.5 Å². The van der Waals surface area contributed by atoms with Gasteiger partial charge in [-0.15, -0.1) is 0 Å². The molecule has 19 heavy (non-hydrogen) atoms. The Labute approximate surface area is 113 Å². The predicted molar refractivity (Wildman–Crippen MR) is 75.8 cm³/mol. The van der Waals surface area contributed by atoms with Gasteiger partial charge in [0.2, 0.25) is 0 Å². The molecule has 4 heteroatoms. The van der Waals surface area contributed by atoms with E-state index in [2.05, 4.69) is 23.4 Å². The molecule has 4 nitrogen and oxygen atoms in total. The fraction of sp³-hybridized carbons (Fsp3) is 0.333. The summed E-state index contributed by atoms with van der Waals surface area (Å²) in [6.07, 6.45) is 0.459. The zero-order chi connectivity index (χ0) is 13.8. The Kier molecular flexibility index (Phi) is 3.86. The topological polar surface area (TPSA) is 53.6 Å². The standard InChI is InChI=1S/C15H18N4/c1-11-15(12(2)19(3)18-11)10-17-14-6-4-13(5-7-14)8-9-16/h4-7,17H,8,10H2,1-3H3. The van der Waals surface area contributed by atoms with E-state index < -0.39 is 0 Å². The van der Waals surface area contributed by atoms with Crippen molar-refractivity contribution in [2.24, 2.45) is 7.05 Å². The Morgan fingerprint density at radius 2 is 1.95 bits per heavy atom. The molecular weight excluding hydrogens is 236 g/mol. The van der Waals surface area contributed by atoms with Crippen molar-refractivity contribution in [3.8, 4) is 6.07 Å². The molecule has 2 aromatic rings. The molecule has 2 rings (SSSR count). The van der Waals surface area contributed by atoms with E-state index in [1.54, 1.807) is 0 Å². The molecule has 98 valence electrons. The Bertz CT molecular complexity index is 602. The van der Waals surface area contributed by atoms with Crippen molar-refractivity contribution in [3.05, 3.63) is 46.8 Å². The van der Waals surface area contributed by atoms with Gasteiger partial charge >= 0.3 is 0 Å². The summed E-state index contributed by atoms with van der Waals surface area (Å²) in [5.74, 6) is 0. The maximum atomic E-state index is 8.63. The molecule has 0 bridgehead atoms. The number of benzene rings is 1. The molecule has 0 aliphatic rings. The average molecular weight is 254 g/mol. The molecule has 0 saturated carbocycles. The van der Waals surface area contributed by atoms with Gasteiger partial charge in [0, 0.05) is 30.5 Å². The number of hydrogen-bond acceptors (Lipinski definition) is 3. The predicted octanol–water partition coefficient (Wildman–Crippen LogP) is 2.72. The quantitative estimate of drug-likeness (QED) is 0.912. The van der Waals surface area contributed by atoms with Crippen LogP contribution in [0, 0.1) is 25.2 Å². The molecule has 0 amide bonds. The van der Waals surface area contributed by atoms with E-state index >= 15 is 0 Å². The normalized spacial score (nSPS) is 10.2. The minimum atomic E-state index is 0.459. The second-order valence-corrected chi connectivity index (χ2v) is 4.66. The van der Waals surface area contributed by atoms with Crippen molar-refractivity contribution in [1.82, 2.24) is 9.78 Å². The molecule has 0 spiro atoms. The van der Waals surface area contributed by atoms with E-state index in [1.165, 1.54) is 11.3 Å². The summed E-state index contributed by atoms with van der Waals surface area (Å²) >= 11 is 0. The van der Waals surface area contributed by atoms with Gasteiger partial charge in [-0.1, -0.05) is 12.1 Å². The largest absolute Gasteiger partial charge is 0.381 e. The summed E-state index contributed by atoms with van der Waals surface area (Å²) in [5, 5.41) is 16.4. The molecule has 1 aromatic heterocycles. The van der Waals surface area contributed by atoms with Gasteiger partial charge in [0.25, 0.3) is 0 Å². The van der Waals surface area contributed by atoms with E-state index in [1.807, 2.05) is 42.9 Å². The van der Waals surface area contributed by atoms with Crippen LogP contribution in [0.2, 0.25) is 0 Å². The molecule has 0 unspecified atom stereocenters. The van der Waals surface area contributed by atoms with Crippen LogP contribution in [-0.2, 0) is 20.0 Å². The van der Waals surface area contributed by atoms with Gasteiger partial charge in [0.15, 0.2) is 0 Å². The van der Waals surface area contributed by atoms with Crippen LogP contribution >= 0.6 is 0 Å². The van der Waals surface area contributed by atoms with Crippen LogP contribution in [-0.4, -0.2) is 9.78 Å². The molecule has 1 aromatic carbocycles. The molecule has 0 atom stereocenters. The van der Waals surface area contributed by atoms with Gasteiger partial charge in [-0.3, -0.25) is 4.68 Å². The second-order valence-electron chi connectivity index (χ2n) is 4.66. The fourth-order valence-electron chi connectivity index (χ4n) is 2.10. The lowest BCUT2D eigenvalue weighted by Crippen LogP contribution is -2.02. The third kappa shape index (κ3) is 2.94. The van der Waals surface area contributed by atoms with Crippen LogP contribution in [0.15, 0.2) is 24.3 Å². The van der Waals surface area contributed by atoms with E-state index in [-0.39, 0.29) is 0 Å². The van der Waals surface area contributed by atoms with E-state index in [4.69, 9.17) is 5.26 Å². The summed E-state index contributed by atoms with van der Waals surface area (Å²) in [5.41, 5.74) is 5.59. The van der Waals surface area contributed by atoms with Gasteiger partial charge in [0.1, 0.15) is 0 Å². The number of aromatic nitrogens is 2. The molecule has 0 aliphatic carbocycles. The van der Waals surface area contributed by atoms with Crippen LogP contribution in [0.4, 0.5) is 5.69 Å². The SMILES string of the molecule is Cc1nn(C)c(C)c1CNc1ccc(CC#N)cc1. The summed E-state index contributed by atoms with van der Waals surface area (Å²) in [7, 11) is 1.96. The highest BCUT2D eigenvalue weighted by Crippen LogP contribution is 2.15. The summed E-state index contributed by atoms with van der Waals surface area (Å²) in [6, 6.07) is 10.1. The number of nitrogens with one attached hydrogen (secondary N) is 1. The van der Waals surface area contributed by atoms with E-state index in [9.17, 15) is 0 Å². The highest BCUT2D eigenvalue weighted by atomic mass is 15.3. The number of nitrogens with zero attached hydrogens (tertiary/aromatic N) is 3. The van der Waals surface area contributed by atoms with Crippen molar-refractivity contribution in [1.29, 1.82) is 5.26 Å². The number of rotatable bonds is 4. The summed E-state index contributed by atoms with van der Waals surface area (Å²) in [4.78, 5) is 0. The zero-order valence-electron chi connectivity index (χ0n) is 11.6. The summed E-state index contributed by atoms with van der Waals surface area (Å²) < 4.78 is 1.91. The van der Waals surface area contributed by atoms with Crippen LogP contribution < -0.4 is 5.32 Å². The van der Waals surface area contributed by atoms with Crippen LogP contribution in [0.1, 0.15) is 22.5 Å². The molecule has 0 aliphatic heterocycles. The highest BCUT2D eigenvalue weighted by Gasteiger charge is 2.08. The van der Waals surface area contributed by atoms with Crippen LogP contribution in [0.5, 0.6) is 0 Å². The average Bonchev–Trinajstić information content (AvgIpc) is 2.64. The Morgan fingerprint density at radius 1 is 1.26 bits per heavy atom. The molecule has 1 N–H and O–H groups in total. The van der Waals surface area contributed by atoms with E-state index in [0.29, 0.717) is 6.42 Å². The smallest absolute Gasteiger partial charge is 0.0669 e. The lowest BCUT2D eigenvalue weighted by molar-refractivity contribution is 0.730. The van der Waals surface area contributed by atoms with Crippen LogP contribution in [0.25, 0.3) is 0 Å². The first-order valence-corrected chi connectivity index (χ1v) is 6.30. The number of anilines is 1. The van der Waals surface area contributed by atoms with Crippen molar-refractivity contribution in [3.63, 3.8) is 0 Å². The maximum absolute atomic E-state index is 8.63. The minimum absolute atomic E-state index is 0.459. The van der Waals surface area contributed by atoms with Crippen molar-refractivity contribution in [2.45, 2.75) is 26.8 Å². The molecular formula is C15H18N4. The lowest BCUT2D eigenvalue weighted by Gasteiger charge is -2.07. The Balaban J connectivity index is 2.04. The Hall–Kier alpha value is -2.28. The first-order valence-electron chi connectivity index (χ1n) is 6.30. The van der Waals surface area contributed by atoms with Gasteiger partial charge in [0.05, 0.1) is 18.2 Å². The first kappa shape index (κ1) is 13.2. The summed E-state index contributed by atoms with van der Waals surface area (Å²) in [6.45, 7) is 4.87. The third-order valence-corrected chi connectivity index (χ3v) is 3.37. The van der Waals surface area contributed by atoms with Crippen molar-refractivity contribution < 1.29 is 0 Å². The van der Waals surface area contributed by atoms with Gasteiger partial charge in [-0.25, -0.2) is 0 Å². The van der Waals surface area contributed by atoms with Crippen molar-refractivity contribution >= 4 is 5.69 Å². The molecule has 1 heterocycles. The Morgan fingerprint density at radius 3 is 2.47 bits per heavy atom. The molecule has 0 fully saturated rings. The minimum Gasteiger partial charge on any atom is -0.381 e. The number of hydrogen-bond donors (Lipinski definition) is 1. The highest BCUT2D eigenvalue weighted by molar-refractivity contribution is 5.46. The van der Waals surface area contributed by atoms with Gasteiger partial charge < -0.3 is 5.32 Å². The number of aryl methyl sites for hydroxylation is 2. The fourth-order valence-corrected chi connectivity index (χ4v) is 2.10. The molecule has 0 saturated heterocycles. The van der Waals surface area contributed by atoms with E-state index in [0.717, 1.165) is 23.5 Å². The maximum Gasteiger partial charge on any atom is 0.0669 e. The van der Waals surface area contributed by atoms with Crippen molar-refractivity contribution in [2.75, 3.05) is 5.32 Å². The first-order chi connectivity index (χ1) is 9.11. The number of nitriles is 1.